The van der Waals surface area contributed by atoms with E-state index in [4.69, 9.17) is 28.9 Å². The molecule has 0 aliphatic carbocycles. The van der Waals surface area contributed by atoms with E-state index < -0.39 is 0 Å². The van der Waals surface area contributed by atoms with Gasteiger partial charge < -0.3 is 5.73 Å². The van der Waals surface area contributed by atoms with E-state index >= 15 is 0 Å². The number of fused-ring (bicyclic) bond motifs is 1. The van der Waals surface area contributed by atoms with Crippen LogP contribution in [0, 0.1) is 0 Å². The molecule has 2 N–H and O–H groups in total. The van der Waals surface area contributed by atoms with Gasteiger partial charge in [-0.25, -0.2) is 4.98 Å². The van der Waals surface area contributed by atoms with Crippen molar-refractivity contribution in [2.24, 2.45) is 0 Å². The minimum Gasteiger partial charge on any atom is -0.397 e. The SMILES string of the molecule is Nc1c(Cl)ccc(Cl)c1-c1nc2ccccc2s1. The third-order valence-electron chi connectivity index (χ3n) is 2.65. The standard InChI is InChI=1S/C13H8Cl2N2S/c14-7-5-6-8(15)12(16)11(7)13-17-9-3-1-2-4-10(9)18-13/h1-6H,16H2. The highest BCUT2D eigenvalue weighted by Crippen LogP contribution is 2.40. The molecule has 5 heteroatoms. The molecule has 0 aliphatic heterocycles. The number of para-hydroxylation sites is 1. The third-order valence-corrected chi connectivity index (χ3v) is 4.35. The molecular weight excluding hydrogens is 287 g/mol. The quantitative estimate of drug-likeness (QED) is 0.652. The largest absolute Gasteiger partial charge is 0.397 e. The van der Waals surface area contributed by atoms with Gasteiger partial charge in [0.2, 0.25) is 0 Å². The second-order valence-corrected chi connectivity index (χ2v) is 5.65. The Morgan fingerprint density at radius 3 is 2.50 bits per heavy atom. The first-order chi connectivity index (χ1) is 8.66. The summed E-state index contributed by atoms with van der Waals surface area (Å²) in [4.78, 5) is 4.54. The van der Waals surface area contributed by atoms with Crippen LogP contribution in [0.3, 0.4) is 0 Å². The zero-order valence-corrected chi connectivity index (χ0v) is 11.5. The number of nitrogen functional groups attached to an aromatic ring is 1. The zero-order chi connectivity index (χ0) is 12.7. The number of benzene rings is 2. The van der Waals surface area contributed by atoms with Crippen molar-refractivity contribution >= 4 is 50.4 Å². The second-order valence-electron chi connectivity index (χ2n) is 3.80. The molecule has 1 heterocycles. The van der Waals surface area contributed by atoms with Gasteiger partial charge in [-0.2, -0.15) is 0 Å². The maximum atomic E-state index is 6.19. The van der Waals surface area contributed by atoms with Gasteiger partial charge in [-0.3, -0.25) is 0 Å². The van der Waals surface area contributed by atoms with Gasteiger partial charge in [-0.1, -0.05) is 35.3 Å². The number of anilines is 1. The Balaban J connectivity index is 2.29. The van der Waals surface area contributed by atoms with Gasteiger partial charge in [0.05, 0.1) is 31.5 Å². The molecule has 2 aromatic carbocycles. The molecular formula is C13H8Cl2N2S. The smallest absolute Gasteiger partial charge is 0.128 e. The number of thiazole rings is 1. The number of nitrogens with zero attached hydrogens (tertiary/aromatic N) is 1. The summed E-state index contributed by atoms with van der Waals surface area (Å²) in [5.41, 5.74) is 8.11. The molecule has 0 bridgehead atoms. The number of rotatable bonds is 1. The first kappa shape index (κ1) is 11.8. The van der Waals surface area contributed by atoms with Gasteiger partial charge in [0, 0.05) is 0 Å². The average molecular weight is 295 g/mol. The predicted octanol–water partition coefficient (Wildman–Crippen LogP) is 4.85. The van der Waals surface area contributed by atoms with Crippen molar-refractivity contribution < 1.29 is 0 Å². The molecule has 0 fully saturated rings. The number of hydrogen-bond acceptors (Lipinski definition) is 3. The number of halogens is 2. The molecule has 3 rings (SSSR count). The minimum atomic E-state index is 0.475. The summed E-state index contributed by atoms with van der Waals surface area (Å²) >= 11 is 13.8. The summed E-state index contributed by atoms with van der Waals surface area (Å²) < 4.78 is 1.10. The fourth-order valence-corrected chi connectivity index (χ4v) is 3.27. The first-order valence-electron chi connectivity index (χ1n) is 5.26. The Hall–Kier alpha value is -1.29. The van der Waals surface area contributed by atoms with Crippen LogP contribution in [0.25, 0.3) is 20.8 Å². The van der Waals surface area contributed by atoms with Gasteiger partial charge in [-0.05, 0) is 24.3 Å². The molecule has 0 spiro atoms. The van der Waals surface area contributed by atoms with Crippen molar-refractivity contribution in [2.75, 3.05) is 5.73 Å². The van der Waals surface area contributed by atoms with Gasteiger partial charge >= 0.3 is 0 Å². The van der Waals surface area contributed by atoms with Crippen molar-refractivity contribution in [1.82, 2.24) is 4.98 Å². The third kappa shape index (κ3) is 1.85. The average Bonchev–Trinajstić information content (AvgIpc) is 2.77. The Bertz CT molecular complexity index is 704. The van der Waals surface area contributed by atoms with Crippen LogP contribution in [0.5, 0.6) is 0 Å². The molecule has 18 heavy (non-hydrogen) atoms. The van der Waals surface area contributed by atoms with Crippen LogP contribution in [0.4, 0.5) is 5.69 Å². The van der Waals surface area contributed by atoms with Gasteiger partial charge in [0.15, 0.2) is 0 Å². The van der Waals surface area contributed by atoms with Crippen molar-refractivity contribution in [1.29, 1.82) is 0 Å². The molecule has 2 nitrogen and oxygen atoms in total. The van der Waals surface area contributed by atoms with E-state index in [9.17, 15) is 0 Å². The molecule has 3 aromatic rings. The first-order valence-corrected chi connectivity index (χ1v) is 6.83. The van der Waals surface area contributed by atoms with E-state index in [-0.39, 0.29) is 0 Å². The lowest BCUT2D eigenvalue weighted by Gasteiger charge is -2.06. The number of hydrogen-bond donors (Lipinski definition) is 1. The van der Waals surface area contributed by atoms with Crippen LogP contribution in [0.1, 0.15) is 0 Å². The van der Waals surface area contributed by atoms with Crippen molar-refractivity contribution in [3.05, 3.63) is 46.4 Å². The van der Waals surface area contributed by atoms with Crippen LogP contribution in [-0.4, -0.2) is 4.98 Å². The maximum Gasteiger partial charge on any atom is 0.128 e. The summed E-state index contributed by atoms with van der Waals surface area (Å²) in [6, 6.07) is 11.3. The molecule has 90 valence electrons. The fourth-order valence-electron chi connectivity index (χ4n) is 1.76. The monoisotopic (exact) mass is 294 g/mol. The molecule has 1 aromatic heterocycles. The Morgan fingerprint density at radius 2 is 1.72 bits per heavy atom. The highest BCUT2D eigenvalue weighted by Gasteiger charge is 2.14. The summed E-state index contributed by atoms with van der Waals surface area (Å²) in [5, 5.41) is 1.85. The van der Waals surface area contributed by atoms with Crippen molar-refractivity contribution in [3.8, 4) is 10.6 Å². The zero-order valence-electron chi connectivity index (χ0n) is 9.15. The molecule has 0 saturated carbocycles. The van der Waals surface area contributed by atoms with E-state index in [1.54, 1.807) is 23.5 Å². The summed E-state index contributed by atoms with van der Waals surface area (Å²) in [6.45, 7) is 0. The molecule has 0 amide bonds. The number of nitrogens with two attached hydrogens (primary N) is 1. The van der Waals surface area contributed by atoms with E-state index in [1.807, 2.05) is 24.3 Å². The lowest BCUT2D eigenvalue weighted by molar-refractivity contribution is 1.48. The molecule has 0 unspecified atom stereocenters. The summed E-state index contributed by atoms with van der Waals surface area (Å²) in [7, 11) is 0. The lowest BCUT2D eigenvalue weighted by atomic mass is 10.2. The van der Waals surface area contributed by atoms with Crippen LogP contribution in [0.2, 0.25) is 10.0 Å². The Labute approximate surface area is 118 Å². The van der Waals surface area contributed by atoms with E-state index in [0.717, 1.165) is 15.2 Å². The fraction of sp³-hybridized carbons (Fsp3) is 0. The Kier molecular flexibility index (Phi) is 2.90. The molecule has 0 atom stereocenters. The van der Waals surface area contributed by atoms with Crippen molar-refractivity contribution in [3.63, 3.8) is 0 Å². The highest BCUT2D eigenvalue weighted by atomic mass is 35.5. The van der Waals surface area contributed by atoms with Crippen LogP contribution < -0.4 is 5.73 Å². The summed E-state index contributed by atoms with van der Waals surface area (Å²) in [5.74, 6) is 0. The van der Waals surface area contributed by atoms with E-state index in [2.05, 4.69) is 4.98 Å². The van der Waals surface area contributed by atoms with Crippen LogP contribution in [0.15, 0.2) is 36.4 Å². The second kappa shape index (κ2) is 4.43. The van der Waals surface area contributed by atoms with Gasteiger partial charge in [0.1, 0.15) is 5.01 Å². The predicted molar refractivity (Wildman–Crippen MR) is 79.5 cm³/mol. The van der Waals surface area contributed by atoms with E-state index in [0.29, 0.717) is 21.3 Å². The topological polar surface area (TPSA) is 38.9 Å². The molecule has 0 aliphatic rings. The highest BCUT2D eigenvalue weighted by molar-refractivity contribution is 7.21. The van der Waals surface area contributed by atoms with Crippen molar-refractivity contribution in [2.45, 2.75) is 0 Å². The van der Waals surface area contributed by atoms with Gasteiger partial charge in [0.25, 0.3) is 0 Å². The lowest BCUT2D eigenvalue weighted by Crippen LogP contribution is -1.91. The normalized spacial score (nSPS) is 11.0. The van der Waals surface area contributed by atoms with Crippen LogP contribution in [-0.2, 0) is 0 Å². The minimum absolute atomic E-state index is 0.475. The summed E-state index contributed by atoms with van der Waals surface area (Å²) in [6.07, 6.45) is 0. The molecule has 0 saturated heterocycles. The van der Waals surface area contributed by atoms with Crippen LogP contribution >= 0.6 is 34.5 Å². The number of aromatic nitrogens is 1. The van der Waals surface area contributed by atoms with E-state index in [1.165, 1.54) is 0 Å². The Morgan fingerprint density at radius 1 is 1.00 bits per heavy atom. The molecule has 0 radical (unpaired) electrons. The maximum absolute atomic E-state index is 6.19. The van der Waals surface area contributed by atoms with Gasteiger partial charge in [-0.15, -0.1) is 11.3 Å².